The summed E-state index contributed by atoms with van der Waals surface area (Å²) < 4.78 is 5.39. The number of carboxylic acids is 1. The first-order chi connectivity index (χ1) is 8.87. The van der Waals surface area contributed by atoms with Gasteiger partial charge in [-0.1, -0.05) is 0 Å². The van der Waals surface area contributed by atoms with E-state index in [4.69, 9.17) is 4.74 Å². The molecule has 1 saturated heterocycles. The number of methoxy groups -OCH3 is 1. The number of rotatable bonds is 7. The minimum absolute atomic E-state index is 0.161. The van der Waals surface area contributed by atoms with Crippen LogP contribution in [0.2, 0.25) is 0 Å². The molecule has 112 valence electrons. The molecule has 0 amide bonds. The van der Waals surface area contributed by atoms with Crippen LogP contribution in [0.15, 0.2) is 0 Å². The third-order valence-electron chi connectivity index (χ3n) is 3.80. The predicted molar refractivity (Wildman–Crippen MR) is 75.4 cm³/mol. The monoisotopic (exact) mass is 272 g/mol. The summed E-state index contributed by atoms with van der Waals surface area (Å²) in [5.74, 6) is -0.776. The van der Waals surface area contributed by atoms with Crippen molar-refractivity contribution in [1.29, 1.82) is 0 Å². The van der Waals surface area contributed by atoms with Gasteiger partial charge in [0.15, 0.2) is 0 Å². The Morgan fingerprint density at radius 2 is 2.26 bits per heavy atom. The van der Waals surface area contributed by atoms with Crippen LogP contribution in [0.3, 0.4) is 0 Å². The van der Waals surface area contributed by atoms with Gasteiger partial charge < -0.3 is 14.7 Å². The van der Waals surface area contributed by atoms with Gasteiger partial charge in [0.2, 0.25) is 0 Å². The van der Waals surface area contributed by atoms with Crippen molar-refractivity contribution in [2.75, 3.05) is 26.7 Å². The van der Waals surface area contributed by atoms with Crippen LogP contribution in [-0.4, -0.2) is 60.4 Å². The van der Waals surface area contributed by atoms with Gasteiger partial charge in [-0.3, -0.25) is 10.1 Å². The molecular weight excluding hydrogens is 244 g/mol. The largest absolute Gasteiger partial charge is 0.480 e. The zero-order valence-corrected chi connectivity index (χ0v) is 12.6. The van der Waals surface area contributed by atoms with E-state index in [2.05, 4.69) is 10.2 Å². The Kier molecular flexibility index (Phi) is 6.23. The maximum absolute atomic E-state index is 11.4. The molecule has 2 N–H and O–H groups in total. The lowest BCUT2D eigenvalue weighted by molar-refractivity contribution is -0.145. The van der Waals surface area contributed by atoms with Gasteiger partial charge in [-0.05, 0) is 46.6 Å². The van der Waals surface area contributed by atoms with Gasteiger partial charge >= 0.3 is 5.97 Å². The second kappa shape index (κ2) is 7.22. The fourth-order valence-electron chi connectivity index (χ4n) is 2.67. The highest BCUT2D eigenvalue weighted by atomic mass is 16.5. The molecule has 1 aliphatic heterocycles. The Labute approximate surface area is 116 Å². The fourth-order valence-corrected chi connectivity index (χ4v) is 2.67. The van der Waals surface area contributed by atoms with Crippen LogP contribution >= 0.6 is 0 Å². The van der Waals surface area contributed by atoms with Crippen molar-refractivity contribution in [3.05, 3.63) is 0 Å². The highest BCUT2D eigenvalue weighted by Crippen LogP contribution is 2.17. The molecule has 0 aromatic heterocycles. The maximum atomic E-state index is 11.4. The minimum atomic E-state index is -0.853. The average Bonchev–Trinajstić information content (AvgIpc) is 2.35. The lowest BCUT2D eigenvalue weighted by atomic mass is 9.95. The number of likely N-dealkylation sites (tertiary alicyclic amines) is 1. The van der Waals surface area contributed by atoms with Crippen molar-refractivity contribution in [2.45, 2.75) is 57.7 Å². The number of hydrogen-bond acceptors (Lipinski definition) is 4. The summed E-state index contributed by atoms with van der Waals surface area (Å²) in [6.45, 7) is 8.46. The molecule has 0 saturated carbocycles. The summed E-state index contributed by atoms with van der Waals surface area (Å²) in [4.78, 5) is 13.8. The summed E-state index contributed by atoms with van der Waals surface area (Å²) in [7, 11) is 1.75. The zero-order chi connectivity index (χ0) is 14.5. The Morgan fingerprint density at radius 1 is 1.58 bits per heavy atom. The fraction of sp³-hybridized carbons (Fsp3) is 0.929. The molecule has 0 spiro atoms. The molecule has 1 fully saturated rings. The van der Waals surface area contributed by atoms with Crippen molar-refractivity contribution in [3.63, 3.8) is 0 Å². The number of piperidine rings is 1. The molecule has 2 unspecified atom stereocenters. The Morgan fingerprint density at radius 3 is 2.79 bits per heavy atom. The molecule has 0 radical (unpaired) electrons. The summed E-state index contributed by atoms with van der Waals surface area (Å²) in [6.07, 6.45) is 3.13. The van der Waals surface area contributed by atoms with Crippen LogP contribution in [0.1, 0.15) is 40.0 Å². The smallest absolute Gasteiger partial charge is 0.323 e. The van der Waals surface area contributed by atoms with Crippen LogP contribution in [-0.2, 0) is 9.53 Å². The molecule has 1 rings (SSSR count). The van der Waals surface area contributed by atoms with E-state index in [0.29, 0.717) is 12.5 Å². The Balaban J connectivity index is 2.49. The predicted octanol–water partition coefficient (Wildman–Crippen LogP) is 1.33. The molecule has 1 aliphatic rings. The van der Waals surface area contributed by atoms with Gasteiger partial charge in [0.05, 0.1) is 6.10 Å². The molecule has 5 heteroatoms. The number of nitrogens with zero attached hydrogens (tertiary/aromatic N) is 1. The molecule has 0 aliphatic carbocycles. The molecule has 0 aromatic rings. The average molecular weight is 272 g/mol. The summed E-state index contributed by atoms with van der Waals surface area (Å²) in [6, 6.07) is 0.161. The second-order valence-electron chi connectivity index (χ2n) is 5.99. The van der Waals surface area contributed by atoms with Gasteiger partial charge in [0.25, 0.3) is 0 Å². The van der Waals surface area contributed by atoms with Crippen molar-refractivity contribution in [2.24, 2.45) is 0 Å². The number of aliphatic carboxylic acids is 1. The Bertz CT molecular complexity index is 296. The Hall–Kier alpha value is -0.650. The first-order valence-corrected chi connectivity index (χ1v) is 7.13. The quantitative estimate of drug-likeness (QED) is 0.732. The van der Waals surface area contributed by atoms with E-state index in [1.54, 1.807) is 14.0 Å². The summed E-state index contributed by atoms with van der Waals surface area (Å²) in [5.41, 5.74) is -0.853. The first kappa shape index (κ1) is 16.4. The van der Waals surface area contributed by atoms with E-state index in [1.165, 1.54) is 0 Å². The SMILES string of the molecule is COC1CCCN(CCC(C)(NC(C)C)C(=O)O)C1. The summed E-state index contributed by atoms with van der Waals surface area (Å²) in [5, 5.41) is 12.6. The molecule has 0 aromatic carbocycles. The van der Waals surface area contributed by atoms with E-state index in [1.807, 2.05) is 13.8 Å². The highest BCUT2D eigenvalue weighted by Gasteiger charge is 2.34. The van der Waals surface area contributed by atoms with Crippen molar-refractivity contribution in [1.82, 2.24) is 10.2 Å². The number of carboxylic acid groups (broad SMARTS) is 1. The number of ether oxygens (including phenoxy) is 1. The number of carbonyl (C=O) groups is 1. The van der Waals surface area contributed by atoms with Crippen molar-refractivity contribution in [3.8, 4) is 0 Å². The number of hydrogen-bond donors (Lipinski definition) is 2. The van der Waals surface area contributed by atoms with Gasteiger partial charge in [0, 0.05) is 26.2 Å². The van der Waals surface area contributed by atoms with Crippen molar-refractivity contribution >= 4 is 5.97 Å². The van der Waals surface area contributed by atoms with E-state index in [0.717, 1.165) is 32.5 Å². The van der Waals surface area contributed by atoms with Crippen LogP contribution in [0.4, 0.5) is 0 Å². The molecule has 0 bridgehead atoms. The van der Waals surface area contributed by atoms with Crippen LogP contribution in [0, 0.1) is 0 Å². The third-order valence-corrected chi connectivity index (χ3v) is 3.80. The standard InChI is InChI=1S/C14H28N2O3/c1-11(2)15-14(3,13(17)18)7-9-16-8-5-6-12(10-16)19-4/h11-12,15H,5-10H2,1-4H3,(H,17,18). The van der Waals surface area contributed by atoms with E-state index >= 15 is 0 Å². The molecular formula is C14H28N2O3. The van der Waals surface area contributed by atoms with Gasteiger partial charge in [-0.2, -0.15) is 0 Å². The first-order valence-electron chi connectivity index (χ1n) is 7.13. The lowest BCUT2D eigenvalue weighted by Crippen LogP contribution is -2.54. The second-order valence-corrected chi connectivity index (χ2v) is 5.99. The maximum Gasteiger partial charge on any atom is 0.323 e. The van der Waals surface area contributed by atoms with Crippen molar-refractivity contribution < 1.29 is 14.6 Å². The van der Waals surface area contributed by atoms with Gasteiger partial charge in [-0.25, -0.2) is 0 Å². The summed E-state index contributed by atoms with van der Waals surface area (Å²) >= 11 is 0. The van der Waals surface area contributed by atoms with Crippen LogP contribution in [0.5, 0.6) is 0 Å². The van der Waals surface area contributed by atoms with Crippen LogP contribution in [0.25, 0.3) is 0 Å². The normalized spacial score (nSPS) is 24.4. The molecule has 1 heterocycles. The topological polar surface area (TPSA) is 61.8 Å². The van der Waals surface area contributed by atoms with E-state index in [9.17, 15) is 9.90 Å². The van der Waals surface area contributed by atoms with E-state index in [-0.39, 0.29) is 6.04 Å². The van der Waals surface area contributed by atoms with E-state index < -0.39 is 11.5 Å². The molecule has 5 nitrogen and oxygen atoms in total. The third kappa shape index (κ3) is 5.09. The number of nitrogens with one attached hydrogen (secondary N) is 1. The lowest BCUT2D eigenvalue weighted by Gasteiger charge is -2.35. The molecule has 2 atom stereocenters. The van der Waals surface area contributed by atoms with Crippen LogP contribution < -0.4 is 5.32 Å². The highest BCUT2D eigenvalue weighted by molar-refractivity contribution is 5.78. The van der Waals surface area contributed by atoms with Gasteiger partial charge in [0.1, 0.15) is 5.54 Å². The zero-order valence-electron chi connectivity index (χ0n) is 12.6. The minimum Gasteiger partial charge on any atom is -0.480 e. The van der Waals surface area contributed by atoms with Gasteiger partial charge in [-0.15, -0.1) is 0 Å². The molecule has 19 heavy (non-hydrogen) atoms.